The second-order valence-corrected chi connectivity index (χ2v) is 3.91. The lowest BCUT2D eigenvalue weighted by Gasteiger charge is -2.32. The number of hydrogen-bond acceptors (Lipinski definition) is 3. The van der Waals surface area contributed by atoms with Gasteiger partial charge in [0.2, 0.25) is 0 Å². The molecule has 1 aliphatic rings. The predicted molar refractivity (Wildman–Crippen MR) is 58.6 cm³/mol. The van der Waals surface area contributed by atoms with E-state index < -0.39 is 0 Å². The van der Waals surface area contributed by atoms with E-state index in [0.29, 0.717) is 12.0 Å². The monoisotopic (exact) mass is 221 g/mol. The Morgan fingerprint density at radius 2 is 2.07 bits per heavy atom. The van der Waals surface area contributed by atoms with Crippen molar-refractivity contribution in [3.05, 3.63) is 0 Å². The fourth-order valence-corrected chi connectivity index (χ4v) is 2.21. The highest BCUT2D eigenvalue weighted by Gasteiger charge is 2.30. The topological polar surface area (TPSA) is 38.3 Å². The van der Waals surface area contributed by atoms with Crippen molar-refractivity contribution in [3.63, 3.8) is 0 Å². The zero-order valence-corrected chi connectivity index (χ0v) is 9.89. The fraction of sp³-hybridized carbons (Fsp3) is 0.900. The summed E-state index contributed by atoms with van der Waals surface area (Å²) in [6.07, 6.45) is 3.00. The van der Waals surface area contributed by atoms with Crippen molar-refractivity contribution >= 4 is 18.4 Å². The van der Waals surface area contributed by atoms with Crippen molar-refractivity contribution < 1.29 is 9.53 Å². The summed E-state index contributed by atoms with van der Waals surface area (Å²) in [4.78, 5) is 11.3. The molecule has 0 radical (unpaired) electrons. The van der Waals surface area contributed by atoms with Crippen molar-refractivity contribution in [2.45, 2.75) is 32.2 Å². The van der Waals surface area contributed by atoms with Crippen LogP contribution < -0.4 is 5.32 Å². The lowest BCUT2D eigenvalue weighted by atomic mass is 9.79. The van der Waals surface area contributed by atoms with Gasteiger partial charge in [-0.05, 0) is 32.2 Å². The average Bonchev–Trinajstić information content (AvgIpc) is 2.16. The molecule has 0 spiro atoms. The van der Waals surface area contributed by atoms with E-state index in [1.54, 1.807) is 0 Å². The molecular weight excluding hydrogens is 202 g/mol. The number of nitrogens with one attached hydrogen (secondary N) is 1. The summed E-state index contributed by atoms with van der Waals surface area (Å²) in [5, 5.41) is 3.28. The molecule has 1 saturated carbocycles. The lowest BCUT2D eigenvalue weighted by Crippen LogP contribution is -2.39. The van der Waals surface area contributed by atoms with Crippen LogP contribution in [0.3, 0.4) is 0 Å². The third kappa shape index (κ3) is 3.14. The minimum absolute atomic E-state index is 0. The second-order valence-electron chi connectivity index (χ2n) is 3.91. The third-order valence-electron chi connectivity index (χ3n) is 3.07. The molecule has 84 valence electrons. The van der Waals surface area contributed by atoms with Crippen LogP contribution in [0.25, 0.3) is 0 Å². The summed E-state index contributed by atoms with van der Waals surface area (Å²) in [5.74, 6) is 0.661. The van der Waals surface area contributed by atoms with Gasteiger partial charge in [-0.15, -0.1) is 12.4 Å². The van der Waals surface area contributed by atoms with Crippen molar-refractivity contribution in [3.8, 4) is 0 Å². The van der Waals surface area contributed by atoms with Crippen LogP contribution in [0.2, 0.25) is 0 Å². The summed E-state index contributed by atoms with van der Waals surface area (Å²) < 4.78 is 4.75. The first-order valence-corrected chi connectivity index (χ1v) is 4.94. The van der Waals surface area contributed by atoms with E-state index in [9.17, 15) is 4.79 Å². The predicted octanol–water partition coefficient (Wildman–Crippen LogP) is 1.61. The molecule has 0 aromatic carbocycles. The van der Waals surface area contributed by atoms with Gasteiger partial charge in [-0.3, -0.25) is 4.79 Å². The third-order valence-corrected chi connectivity index (χ3v) is 3.07. The Bertz CT molecular complexity index is 187. The second kappa shape index (κ2) is 6.25. The van der Waals surface area contributed by atoms with Gasteiger partial charge in [0.25, 0.3) is 0 Å². The van der Waals surface area contributed by atoms with E-state index >= 15 is 0 Å². The maximum atomic E-state index is 11.3. The number of methoxy groups -OCH3 is 1. The van der Waals surface area contributed by atoms with Gasteiger partial charge in [0, 0.05) is 6.04 Å². The van der Waals surface area contributed by atoms with Crippen LogP contribution in [0.4, 0.5) is 0 Å². The van der Waals surface area contributed by atoms with Crippen molar-refractivity contribution in [1.82, 2.24) is 5.32 Å². The molecule has 3 atom stereocenters. The Morgan fingerprint density at radius 3 is 2.50 bits per heavy atom. The molecule has 1 rings (SSSR count). The lowest BCUT2D eigenvalue weighted by molar-refractivity contribution is -0.147. The highest BCUT2D eigenvalue weighted by Crippen LogP contribution is 2.29. The zero-order chi connectivity index (χ0) is 9.84. The minimum Gasteiger partial charge on any atom is -0.469 e. The SMILES string of the molecule is CNC1CC[C@@H](C(=O)OC)C[C@H]1C.Cl. The van der Waals surface area contributed by atoms with Gasteiger partial charge in [-0.1, -0.05) is 6.92 Å². The molecule has 0 aliphatic heterocycles. The van der Waals surface area contributed by atoms with E-state index in [1.165, 1.54) is 7.11 Å². The number of esters is 1. The molecule has 0 bridgehead atoms. The first-order valence-electron chi connectivity index (χ1n) is 4.94. The Hall–Kier alpha value is -0.280. The van der Waals surface area contributed by atoms with Gasteiger partial charge in [-0.2, -0.15) is 0 Å². The van der Waals surface area contributed by atoms with Crippen LogP contribution in [0, 0.1) is 11.8 Å². The zero-order valence-electron chi connectivity index (χ0n) is 9.08. The number of carbonyl (C=O) groups excluding carboxylic acids is 1. The highest BCUT2D eigenvalue weighted by molar-refractivity contribution is 5.85. The van der Waals surface area contributed by atoms with Crippen molar-refractivity contribution in [2.24, 2.45) is 11.8 Å². The van der Waals surface area contributed by atoms with Crippen molar-refractivity contribution in [1.29, 1.82) is 0 Å². The standard InChI is InChI=1S/C10H19NO2.ClH/c1-7-6-8(10(12)13-3)4-5-9(7)11-2;/h7-9,11H,4-6H2,1-3H3;1H/t7-,8-,9?;/m1./s1. The molecule has 1 fully saturated rings. The van der Waals surface area contributed by atoms with E-state index in [1.807, 2.05) is 7.05 Å². The maximum absolute atomic E-state index is 11.3. The summed E-state index contributed by atoms with van der Waals surface area (Å²) in [5.41, 5.74) is 0. The molecule has 4 heteroatoms. The Labute approximate surface area is 92.0 Å². The molecule has 0 heterocycles. The Kier molecular flexibility index (Phi) is 6.12. The van der Waals surface area contributed by atoms with Crippen LogP contribution in [0.15, 0.2) is 0 Å². The summed E-state index contributed by atoms with van der Waals surface area (Å²) in [6.45, 7) is 2.19. The van der Waals surface area contributed by atoms with Gasteiger partial charge >= 0.3 is 5.97 Å². The van der Waals surface area contributed by atoms with E-state index in [4.69, 9.17) is 4.74 Å². The smallest absolute Gasteiger partial charge is 0.308 e. The van der Waals surface area contributed by atoms with E-state index in [-0.39, 0.29) is 24.3 Å². The van der Waals surface area contributed by atoms with Gasteiger partial charge in [0.15, 0.2) is 0 Å². The first-order chi connectivity index (χ1) is 6.19. The number of halogens is 1. The summed E-state index contributed by atoms with van der Waals surface area (Å²) in [7, 11) is 3.46. The van der Waals surface area contributed by atoms with Crippen molar-refractivity contribution in [2.75, 3.05) is 14.2 Å². The number of carbonyl (C=O) groups is 1. The molecule has 3 nitrogen and oxygen atoms in total. The van der Waals surface area contributed by atoms with E-state index in [0.717, 1.165) is 19.3 Å². The molecule has 0 aromatic rings. The van der Waals surface area contributed by atoms with Crippen LogP contribution in [0.5, 0.6) is 0 Å². The number of rotatable bonds is 2. The molecule has 0 aromatic heterocycles. The van der Waals surface area contributed by atoms with Crippen LogP contribution in [0.1, 0.15) is 26.2 Å². The average molecular weight is 222 g/mol. The van der Waals surface area contributed by atoms with Crippen LogP contribution in [-0.2, 0) is 9.53 Å². The Morgan fingerprint density at radius 1 is 1.43 bits per heavy atom. The molecule has 1 aliphatic carbocycles. The quantitative estimate of drug-likeness (QED) is 0.720. The van der Waals surface area contributed by atoms with E-state index in [2.05, 4.69) is 12.2 Å². The van der Waals surface area contributed by atoms with Gasteiger partial charge in [-0.25, -0.2) is 0 Å². The van der Waals surface area contributed by atoms with Gasteiger partial charge in [0.1, 0.15) is 0 Å². The van der Waals surface area contributed by atoms with Crippen LogP contribution in [-0.4, -0.2) is 26.2 Å². The Balaban J connectivity index is 0.00000169. The number of hydrogen-bond donors (Lipinski definition) is 1. The minimum atomic E-state index is -0.0404. The summed E-state index contributed by atoms with van der Waals surface area (Å²) >= 11 is 0. The molecule has 0 saturated heterocycles. The van der Waals surface area contributed by atoms with Gasteiger partial charge < -0.3 is 10.1 Å². The summed E-state index contributed by atoms with van der Waals surface area (Å²) in [6, 6.07) is 0.570. The van der Waals surface area contributed by atoms with Crippen LogP contribution >= 0.6 is 12.4 Å². The first kappa shape index (κ1) is 13.7. The highest BCUT2D eigenvalue weighted by atomic mass is 35.5. The molecule has 1 unspecified atom stereocenters. The van der Waals surface area contributed by atoms with Gasteiger partial charge in [0.05, 0.1) is 13.0 Å². The number of ether oxygens (including phenoxy) is 1. The maximum Gasteiger partial charge on any atom is 0.308 e. The fourth-order valence-electron chi connectivity index (χ4n) is 2.21. The molecule has 0 amide bonds. The molecule has 14 heavy (non-hydrogen) atoms. The molecular formula is C10H20ClNO2. The largest absolute Gasteiger partial charge is 0.469 e. The molecule has 1 N–H and O–H groups in total. The normalized spacial score (nSPS) is 31.8.